The van der Waals surface area contributed by atoms with Crippen molar-refractivity contribution in [3.63, 3.8) is 0 Å². The van der Waals surface area contributed by atoms with Gasteiger partial charge in [0, 0.05) is 24.7 Å². The van der Waals surface area contributed by atoms with Gasteiger partial charge >= 0.3 is 0 Å². The highest BCUT2D eigenvalue weighted by Gasteiger charge is 2.24. The van der Waals surface area contributed by atoms with Gasteiger partial charge in [-0.1, -0.05) is 12.5 Å². The van der Waals surface area contributed by atoms with Gasteiger partial charge in [0.25, 0.3) is 0 Å². The van der Waals surface area contributed by atoms with Crippen LogP contribution in [-0.2, 0) is 6.54 Å². The molecule has 0 saturated heterocycles. The van der Waals surface area contributed by atoms with Crippen LogP contribution in [0.3, 0.4) is 0 Å². The van der Waals surface area contributed by atoms with Gasteiger partial charge in [-0.05, 0) is 24.8 Å². The maximum Gasteiger partial charge on any atom is 0.130 e. The molecular formula is C13H17F2NO. The molecule has 17 heavy (non-hydrogen) atoms. The van der Waals surface area contributed by atoms with Crippen molar-refractivity contribution in [1.82, 2.24) is 5.32 Å². The first kappa shape index (κ1) is 12.5. The van der Waals surface area contributed by atoms with Gasteiger partial charge in [-0.3, -0.25) is 0 Å². The number of nitrogens with one attached hydrogen (secondary N) is 1. The van der Waals surface area contributed by atoms with E-state index in [0.717, 1.165) is 25.3 Å². The SMILES string of the molecule is OC1CCCC1CNCc1ccc(F)cc1F. The lowest BCUT2D eigenvalue weighted by Gasteiger charge is -2.15. The summed E-state index contributed by atoms with van der Waals surface area (Å²) in [6.45, 7) is 1.05. The Kier molecular flexibility index (Phi) is 4.07. The maximum absolute atomic E-state index is 13.3. The number of rotatable bonds is 4. The van der Waals surface area contributed by atoms with Crippen LogP contribution < -0.4 is 5.32 Å². The molecule has 1 aliphatic carbocycles. The van der Waals surface area contributed by atoms with Crippen molar-refractivity contribution in [3.05, 3.63) is 35.4 Å². The molecule has 2 N–H and O–H groups in total. The zero-order chi connectivity index (χ0) is 12.3. The molecule has 1 saturated carbocycles. The van der Waals surface area contributed by atoms with Gasteiger partial charge < -0.3 is 10.4 Å². The largest absolute Gasteiger partial charge is 0.393 e. The van der Waals surface area contributed by atoms with E-state index in [1.165, 1.54) is 12.1 Å². The molecule has 0 aromatic heterocycles. The fourth-order valence-corrected chi connectivity index (χ4v) is 2.31. The van der Waals surface area contributed by atoms with Crippen molar-refractivity contribution in [2.75, 3.05) is 6.54 Å². The molecule has 0 amide bonds. The maximum atomic E-state index is 13.3. The predicted octanol–water partition coefficient (Wildman–Crippen LogP) is 2.22. The van der Waals surface area contributed by atoms with Gasteiger partial charge in [0.05, 0.1) is 6.10 Å². The summed E-state index contributed by atoms with van der Waals surface area (Å²) in [6.07, 6.45) is 2.69. The summed E-state index contributed by atoms with van der Waals surface area (Å²) in [5, 5.41) is 12.7. The third kappa shape index (κ3) is 3.23. The molecule has 2 unspecified atom stereocenters. The van der Waals surface area contributed by atoms with Crippen LogP contribution in [0.4, 0.5) is 8.78 Å². The molecule has 1 fully saturated rings. The van der Waals surface area contributed by atoms with Gasteiger partial charge in [0.1, 0.15) is 11.6 Å². The molecule has 1 aromatic carbocycles. The van der Waals surface area contributed by atoms with Crippen LogP contribution in [0.5, 0.6) is 0 Å². The topological polar surface area (TPSA) is 32.3 Å². The molecule has 1 aromatic rings. The van der Waals surface area contributed by atoms with E-state index in [9.17, 15) is 13.9 Å². The van der Waals surface area contributed by atoms with Crippen LogP contribution in [-0.4, -0.2) is 17.8 Å². The second-order valence-electron chi connectivity index (χ2n) is 4.62. The fraction of sp³-hybridized carbons (Fsp3) is 0.538. The first-order chi connectivity index (χ1) is 8.16. The van der Waals surface area contributed by atoms with Crippen molar-refractivity contribution < 1.29 is 13.9 Å². The summed E-state index contributed by atoms with van der Waals surface area (Å²) in [5.74, 6) is -0.819. The molecule has 94 valence electrons. The van der Waals surface area contributed by atoms with Crippen molar-refractivity contribution in [1.29, 1.82) is 0 Å². The Labute approximate surface area is 99.7 Å². The Hall–Kier alpha value is -1.00. The Bertz CT molecular complexity index is 384. The third-order valence-corrected chi connectivity index (χ3v) is 3.36. The predicted molar refractivity (Wildman–Crippen MR) is 61.4 cm³/mol. The molecule has 1 aliphatic rings. The van der Waals surface area contributed by atoms with E-state index in [2.05, 4.69) is 5.32 Å². The average molecular weight is 241 g/mol. The smallest absolute Gasteiger partial charge is 0.130 e. The molecule has 2 atom stereocenters. The highest BCUT2D eigenvalue weighted by molar-refractivity contribution is 5.18. The zero-order valence-corrected chi connectivity index (χ0v) is 9.63. The first-order valence-electron chi connectivity index (χ1n) is 5.99. The summed E-state index contributed by atoms with van der Waals surface area (Å²) in [4.78, 5) is 0. The van der Waals surface area contributed by atoms with Crippen molar-refractivity contribution >= 4 is 0 Å². The van der Waals surface area contributed by atoms with Crippen LogP contribution in [0, 0.1) is 17.6 Å². The minimum absolute atomic E-state index is 0.236. The van der Waals surface area contributed by atoms with Crippen molar-refractivity contribution in [2.24, 2.45) is 5.92 Å². The molecule has 0 aliphatic heterocycles. The fourth-order valence-electron chi connectivity index (χ4n) is 2.31. The van der Waals surface area contributed by atoms with Crippen LogP contribution in [0.1, 0.15) is 24.8 Å². The van der Waals surface area contributed by atoms with Gasteiger partial charge in [0.15, 0.2) is 0 Å². The summed E-state index contributed by atoms with van der Waals surface area (Å²) >= 11 is 0. The second-order valence-corrected chi connectivity index (χ2v) is 4.62. The van der Waals surface area contributed by atoms with E-state index in [1.54, 1.807) is 0 Å². The van der Waals surface area contributed by atoms with Crippen LogP contribution in [0.25, 0.3) is 0 Å². The molecule has 0 spiro atoms. The summed E-state index contributed by atoms with van der Waals surface area (Å²) < 4.78 is 26.0. The normalized spacial score (nSPS) is 24.2. The standard InChI is InChI=1S/C13H17F2NO/c14-11-5-4-9(12(15)6-11)7-16-8-10-2-1-3-13(10)17/h4-6,10,13,16-17H,1-3,7-8H2. The second kappa shape index (κ2) is 5.56. The number of halogens is 2. The molecule has 4 heteroatoms. The lowest BCUT2D eigenvalue weighted by atomic mass is 10.1. The van der Waals surface area contributed by atoms with Crippen LogP contribution in [0.2, 0.25) is 0 Å². The van der Waals surface area contributed by atoms with Crippen LogP contribution >= 0.6 is 0 Å². The van der Waals surface area contributed by atoms with E-state index in [0.29, 0.717) is 18.7 Å². The number of aliphatic hydroxyl groups is 1. The highest BCUT2D eigenvalue weighted by Crippen LogP contribution is 2.24. The zero-order valence-electron chi connectivity index (χ0n) is 9.63. The number of hydrogen-bond acceptors (Lipinski definition) is 2. The average Bonchev–Trinajstić information content (AvgIpc) is 2.68. The van der Waals surface area contributed by atoms with E-state index in [-0.39, 0.29) is 12.0 Å². The monoisotopic (exact) mass is 241 g/mol. The number of benzene rings is 1. The summed E-state index contributed by atoms with van der Waals surface area (Å²) in [5.41, 5.74) is 0.457. The third-order valence-electron chi connectivity index (χ3n) is 3.36. The Morgan fingerprint density at radius 2 is 2.12 bits per heavy atom. The number of hydrogen-bond donors (Lipinski definition) is 2. The lowest BCUT2D eigenvalue weighted by molar-refractivity contribution is 0.131. The van der Waals surface area contributed by atoms with Crippen molar-refractivity contribution in [3.8, 4) is 0 Å². The number of aliphatic hydroxyl groups excluding tert-OH is 1. The quantitative estimate of drug-likeness (QED) is 0.847. The summed E-state index contributed by atoms with van der Waals surface area (Å²) in [7, 11) is 0. The Balaban J connectivity index is 1.81. The minimum Gasteiger partial charge on any atom is -0.393 e. The molecular weight excluding hydrogens is 224 g/mol. The molecule has 2 nitrogen and oxygen atoms in total. The summed E-state index contributed by atoms with van der Waals surface area (Å²) in [6, 6.07) is 3.59. The molecule has 0 bridgehead atoms. The Morgan fingerprint density at radius 1 is 1.29 bits per heavy atom. The molecule has 2 rings (SSSR count). The van der Waals surface area contributed by atoms with Crippen molar-refractivity contribution in [2.45, 2.75) is 31.9 Å². The Morgan fingerprint density at radius 3 is 2.76 bits per heavy atom. The van der Waals surface area contributed by atoms with E-state index < -0.39 is 11.6 Å². The van der Waals surface area contributed by atoms with Gasteiger partial charge in [-0.2, -0.15) is 0 Å². The first-order valence-corrected chi connectivity index (χ1v) is 5.99. The van der Waals surface area contributed by atoms with Gasteiger partial charge in [-0.15, -0.1) is 0 Å². The van der Waals surface area contributed by atoms with E-state index in [4.69, 9.17) is 0 Å². The van der Waals surface area contributed by atoms with Crippen LogP contribution in [0.15, 0.2) is 18.2 Å². The highest BCUT2D eigenvalue weighted by atomic mass is 19.1. The molecule has 0 heterocycles. The minimum atomic E-state index is -0.558. The van der Waals surface area contributed by atoms with Gasteiger partial charge in [-0.25, -0.2) is 8.78 Å². The van der Waals surface area contributed by atoms with Gasteiger partial charge in [0.2, 0.25) is 0 Å². The molecule has 0 radical (unpaired) electrons. The van der Waals surface area contributed by atoms with E-state index in [1.807, 2.05) is 0 Å². The van der Waals surface area contributed by atoms with E-state index >= 15 is 0 Å². The lowest BCUT2D eigenvalue weighted by Crippen LogP contribution is -2.27.